The Balaban J connectivity index is 2.74. The van der Waals surface area contributed by atoms with Crippen LogP contribution in [0.1, 0.15) is 32.8 Å². The third kappa shape index (κ3) is 5.89. The molecule has 0 aliphatic heterocycles. The first-order valence-electron chi connectivity index (χ1n) is 7.11. The first-order valence-corrected chi connectivity index (χ1v) is 7.51. The first-order chi connectivity index (χ1) is 9.88. The number of hydrogen-bond donors (Lipinski definition) is 2. The quantitative estimate of drug-likeness (QED) is 0.623. The van der Waals surface area contributed by atoms with Gasteiger partial charge in [-0.25, -0.2) is 0 Å². The molecular formula is C16H26N2O2S. The highest BCUT2D eigenvalue weighted by Gasteiger charge is 2.16. The van der Waals surface area contributed by atoms with Crippen LogP contribution in [0.2, 0.25) is 0 Å². The summed E-state index contributed by atoms with van der Waals surface area (Å²) in [5, 5.41) is 6.96. The highest BCUT2D eigenvalue weighted by molar-refractivity contribution is 7.80. The van der Waals surface area contributed by atoms with Gasteiger partial charge in [0, 0.05) is 20.3 Å². The van der Waals surface area contributed by atoms with E-state index in [1.54, 1.807) is 14.2 Å². The van der Waals surface area contributed by atoms with Crippen LogP contribution in [0.5, 0.6) is 5.75 Å². The number of methoxy groups -OCH3 is 2. The standard InChI is InChI=1S/C16H26N2O2S/c1-16(2,3)12-7-8-14(20-5)13(11-12)18-15(21)17-9-6-10-19-4/h7-8,11H,6,9-10H2,1-5H3,(H2,17,18,21). The third-order valence-corrected chi connectivity index (χ3v) is 3.37. The summed E-state index contributed by atoms with van der Waals surface area (Å²) < 4.78 is 10.4. The summed E-state index contributed by atoms with van der Waals surface area (Å²) in [5.41, 5.74) is 2.19. The molecule has 4 nitrogen and oxygen atoms in total. The van der Waals surface area contributed by atoms with Crippen molar-refractivity contribution in [2.45, 2.75) is 32.6 Å². The summed E-state index contributed by atoms with van der Waals surface area (Å²) in [6, 6.07) is 6.14. The van der Waals surface area contributed by atoms with E-state index >= 15 is 0 Å². The fourth-order valence-electron chi connectivity index (χ4n) is 1.86. The topological polar surface area (TPSA) is 42.5 Å². The van der Waals surface area contributed by atoms with Crippen LogP contribution in [0.15, 0.2) is 18.2 Å². The van der Waals surface area contributed by atoms with Crippen LogP contribution in [0, 0.1) is 0 Å². The summed E-state index contributed by atoms with van der Waals surface area (Å²) in [5.74, 6) is 0.782. The molecule has 0 fully saturated rings. The van der Waals surface area contributed by atoms with Crippen molar-refractivity contribution in [2.24, 2.45) is 0 Å². The molecule has 118 valence electrons. The van der Waals surface area contributed by atoms with Crippen LogP contribution in [-0.4, -0.2) is 32.5 Å². The van der Waals surface area contributed by atoms with Crippen molar-refractivity contribution in [3.63, 3.8) is 0 Å². The van der Waals surface area contributed by atoms with Gasteiger partial charge in [-0.15, -0.1) is 0 Å². The molecule has 0 bridgehead atoms. The fraction of sp³-hybridized carbons (Fsp3) is 0.562. The molecule has 0 unspecified atom stereocenters. The average Bonchev–Trinajstić information content (AvgIpc) is 2.42. The molecule has 0 aromatic heterocycles. The van der Waals surface area contributed by atoms with E-state index in [9.17, 15) is 0 Å². The maximum atomic E-state index is 5.39. The zero-order chi connectivity index (χ0) is 15.9. The normalized spacial score (nSPS) is 11.1. The molecule has 1 aromatic carbocycles. The van der Waals surface area contributed by atoms with Crippen molar-refractivity contribution in [3.8, 4) is 5.75 Å². The van der Waals surface area contributed by atoms with Crippen molar-refractivity contribution in [3.05, 3.63) is 23.8 Å². The van der Waals surface area contributed by atoms with Gasteiger partial charge in [-0.1, -0.05) is 26.8 Å². The molecule has 0 radical (unpaired) electrons. The Labute approximate surface area is 133 Å². The molecule has 21 heavy (non-hydrogen) atoms. The van der Waals surface area contributed by atoms with Crippen molar-refractivity contribution in [1.29, 1.82) is 0 Å². The second-order valence-electron chi connectivity index (χ2n) is 5.89. The minimum absolute atomic E-state index is 0.0796. The summed E-state index contributed by atoms with van der Waals surface area (Å²) in [4.78, 5) is 0. The Morgan fingerprint density at radius 3 is 2.52 bits per heavy atom. The van der Waals surface area contributed by atoms with E-state index < -0.39 is 0 Å². The highest BCUT2D eigenvalue weighted by Crippen LogP contribution is 2.31. The summed E-state index contributed by atoms with van der Waals surface area (Å²) >= 11 is 5.31. The lowest BCUT2D eigenvalue weighted by Gasteiger charge is -2.21. The first kappa shape index (κ1) is 17.7. The Bertz CT molecular complexity index is 470. The number of thiocarbonyl (C=S) groups is 1. The van der Waals surface area contributed by atoms with Gasteiger partial charge < -0.3 is 20.1 Å². The second-order valence-corrected chi connectivity index (χ2v) is 6.30. The number of benzene rings is 1. The van der Waals surface area contributed by atoms with Gasteiger partial charge in [-0.2, -0.15) is 0 Å². The zero-order valence-corrected chi connectivity index (χ0v) is 14.4. The molecular weight excluding hydrogens is 284 g/mol. The maximum Gasteiger partial charge on any atom is 0.170 e. The van der Waals surface area contributed by atoms with Crippen molar-refractivity contribution in [1.82, 2.24) is 5.32 Å². The molecule has 0 saturated heterocycles. The number of hydrogen-bond acceptors (Lipinski definition) is 3. The van der Waals surface area contributed by atoms with E-state index in [1.165, 1.54) is 5.56 Å². The van der Waals surface area contributed by atoms with E-state index in [1.807, 2.05) is 6.07 Å². The molecule has 0 saturated carbocycles. The Morgan fingerprint density at radius 2 is 1.95 bits per heavy atom. The summed E-state index contributed by atoms with van der Waals surface area (Å²) in [6.45, 7) is 8.04. The fourth-order valence-corrected chi connectivity index (χ4v) is 2.07. The van der Waals surface area contributed by atoms with Gasteiger partial charge in [0.05, 0.1) is 12.8 Å². The van der Waals surface area contributed by atoms with E-state index in [-0.39, 0.29) is 5.41 Å². The van der Waals surface area contributed by atoms with Crippen molar-refractivity contribution in [2.75, 3.05) is 32.7 Å². The molecule has 5 heteroatoms. The van der Waals surface area contributed by atoms with Gasteiger partial charge in [0.1, 0.15) is 5.75 Å². The lowest BCUT2D eigenvalue weighted by Crippen LogP contribution is -2.30. The third-order valence-electron chi connectivity index (χ3n) is 3.12. The summed E-state index contributed by atoms with van der Waals surface area (Å²) in [6.07, 6.45) is 0.914. The van der Waals surface area contributed by atoms with E-state index in [2.05, 4.69) is 43.5 Å². The lowest BCUT2D eigenvalue weighted by molar-refractivity contribution is 0.196. The number of anilines is 1. The predicted molar refractivity (Wildman–Crippen MR) is 92.4 cm³/mol. The minimum Gasteiger partial charge on any atom is -0.495 e. The monoisotopic (exact) mass is 310 g/mol. The zero-order valence-electron chi connectivity index (χ0n) is 13.6. The largest absolute Gasteiger partial charge is 0.495 e. The molecule has 0 aliphatic carbocycles. The summed E-state index contributed by atoms with van der Waals surface area (Å²) in [7, 11) is 3.35. The van der Waals surface area contributed by atoms with E-state index in [0.29, 0.717) is 5.11 Å². The van der Waals surface area contributed by atoms with Gasteiger partial charge in [-0.05, 0) is 41.7 Å². The molecule has 0 amide bonds. The molecule has 0 aliphatic rings. The van der Waals surface area contributed by atoms with Crippen LogP contribution in [0.25, 0.3) is 0 Å². The SMILES string of the molecule is COCCCNC(=S)Nc1cc(C(C)(C)C)ccc1OC. The van der Waals surface area contributed by atoms with E-state index in [0.717, 1.165) is 31.0 Å². The molecule has 0 heterocycles. The minimum atomic E-state index is 0.0796. The highest BCUT2D eigenvalue weighted by atomic mass is 32.1. The van der Waals surface area contributed by atoms with Crippen LogP contribution >= 0.6 is 12.2 Å². The molecule has 1 aromatic rings. The predicted octanol–water partition coefficient (Wildman–Crippen LogP) is 3.32. The lowest BCUT2D eigenvalue weighted by atomic mass is 9.87. The van der Waals surface area contributed by atoms with Crippen molar-refractivity contribution < 1.29 is 9.47 Å². The van der Waals surface area contributed by atoms with Crippen LogP contribution in [-0.2, 0) is 10.2 Å². The molecule has 0 spiro atoms. The van der Waals surface area contributed by atoms with Crippen LogP contribution in [0.3, 0.4) is 0 Å². The van der Waals surface area contributed by atoms with Crippen LogP contribution < -0.4 is 15.4 Å². The Morgan fingerprint density at radius 1 is 1.24 bits per heavy atom. The number of rotatable bonds is 6. The van der Waals surface area contributed by atoms with Gasteiger partial charge >= 0.3 is 0 Å². The Hall–Kier alpha value is -1.33. The second kappa shape index (κ2) is 8.20. The smallest absolute Gasteiger partial charge is 0.170 e. The van der Waals surface area contributed by atoms with Crippen molar-refractivity contribution >= 4 is 23.0 Å². The number of nitrogens with one attached hydrogen (secondary N) is 2. The number of ether oxygens (including phenoxy) is 2. The average molecular weight is 310 g/mol. The van der Waals surface area contributed by atoms with Gasteiger partial charge in [-0.3, -0.25) is 0 Å². The van der Waals surface area contributed by atoms with Gasteiger partial charge in [0.15, 0.2) is 5.11 Å². The molecule has 2 N–H and O–H groups in total. The van der Waals surface area contributed by atoms with Gasteiger partial charge in [0.2, 0.25) is 0 Å². The molecule has 0 atom stereocenters. The van der Waals surface area contributed by atoms with Crippen LogP contribution in [0.4, 0.5) is 5.69 Å². The molecule has 1 rings (SSSR count). The van der Waals surface area contributed by atoms with Gasteiger partial charge in [0.25, 0.3) is 0 Å². The Kier molecular flexibility index (Phi) is 6.92. The maximum absolute atomic E-state index is 5.39. The van der Waals surface area contributed by atoms with E-state index in [4.69, 9.17) is 21.7 Å².